The van der Waals surface area contributed by atoms with Gasteiger partial charge >= 0.3 is 12.0 Å². The Morgan fingerprint density at radius 1 is 1.45 bits per heavy atom. The summed E-state index contributed by atoms with van der Waals surface area (Å²) < 4.78 is 0. The monoisotopic (exact) mass is 287 g/mol. The van der Waals surface area contributed by atoms with Crippen LogP contribution in [0.5, 0.6) is 0 Å². The molecule has 0 aromatic carbocycles. The molecular formula is C13H25N3O4. The number of carbonyl (C=O) groups is 2. The summed E-state index contributed by atoms with van der Waals surface area (Å²) in [6.45, 7) is 4.35. The topological polar surface area (TPSA) is 102 Å². The average Bonchev–Trinajstić information content (AvgIpc) is 2.30. The molecule has 0 saturated carbocycles. The molecule has 7 heteroatoms. The second-order valence-electron chi connectivity index (χ2n) is 5.95. The maximum atomic E-state index is 11.7. The number of hydrogen-bond acceptors (Lipinski definition) is 4. The van der Waals surface area contributed by atoms with Gasteiger partial charge in [0.25, 0.3) is 0 Å². The number of carboxylic acid groups (broad SMARTS) is 1. The van der Waals surface area contributed by atoms with Crippen molar-refractivity contribution < 1.29 is 19.8 Å². The Kier molecular flexibility index (Phi) is 5.76. The lowest BCUT2D eigenvalue weighted by Gasteiger charge is -2.35. The SMILES string of the molecule is CC1CC(NC(=O)NCC(C)(O)CC(=O)O)CCN1C. The molecule has 1 saturated heterocycles. The first-order chi connectivity index (χ1) is 9.19. The largest absolute Gasteiger partial charge is 0.481 e. The number of nitrogens with one attached hydrogen (secondary N) is 2. The van der Waals surface area contributed by atoms with Crippen LogP contribution in [0.4, 0.5) is 4.79 Å². The predicted molar refractivity (Wildman–Crippen MR) is 74.5 cm³/mol. The molecule has 7 nitrogen and oxygen atoms in total. The van der Waals surface area contributed by atoms with E-state index in [9.17, 15) is 14.7 Å². The molecule has 0 aromatic rings. The van der Waals surface area contributed by atoms with Gasteiger partial charge in [0, 0.05) is 25.2 Å². The quantitative estimate of drug-likeness (QED) is 0.570. The van der Waals surface area contributed by atoms with Gasteiger partial charge in [-0.1, -0.05) is 0 Å². The molecular weight excluding hydrogens is 262 g/mol. The van der Waals surface area contributed by atoms with E-state index in [1.807, 2.05) is 0 Å². The molecule has 1 rings (SSSR count). The molecule has 1 heterocycles. The van der Waals surface area contributed by atoms with E-state index >= 15 is 0 Å². The van der Waals surface area contributed by atoms with E-state index in [0.717, 1.165) is 19.4 Å². The lowest BCUT2D eigenvalue weighted by Crippen LogP contribution is -2.52. The van der Waals surface area contributed by atoms with E-state index < -0.39 is 18.0 Å². The molecule has 0 aliphatic carbocycles. The fraction of sp³-hybridized carbons (Fsp3) is 0.846. The van der Waals surface area contributed by atoms with Gasteiger partial charge in [-0.3, -0.25) is 4.79 Å². The van der Waals surface area contributed by atoms with Crippen molar-refractivity contribution in [1.29, 1.82) is 0 Å². The minimum Gasteiger partial charge on any atom is -0.481 e. The number of aliphatic carboxylic acids is 1. The van der Waals surface area contributed by atoms with Gasteiger partial charge in [0.15, 0.2) is 0 Å². The Hall–Kier alpha value is -1.34. The van der Waals surface area contributed by atoms with E-state index in [1.165, 1.54) is 6.92 Å². The van der Waals surface area contributed by atoms with Gasteiger partial charge in [0.1, 0.15) is 0 Å². The Bertz CT molecular complexity index is 360. The van der Waals surface area contributed by atoms with E-state index in [1.54, 1.807) is 0 Å². The van der Waals surface area contributed by atoms with Gasteiger partial charge in [-0.2, -0.15) is 0 Å². The highest BCUT2D eigenvalue weighted by Crippen LogP contribution is 2.15. The average molecular weight is 287 g/mol. The number of urea groups is 1. The zero-order chi connectivity index (χ0) is 15.3. The Morgan fingerprint density at radius 2 is 2.10 bits per heavy atom. The Labute approximate surface area is 119 Å². The molecule has 0 radical (unpaired) electrons. The van der Waals surface area contributed by atoms with Crippen LogP contribution < -0.4 is 10.6 Å². The number of carboxylic acids is 1. The lowest BCUT2D eigenvalue weighted by molar-refractivity contribution is -0.141. The van der Waals surface area contributed by atoms with Crippen molar-refractivity contribution in [3.8, 4) is 0 Å². The summed E-state index contributed by atoms with van der Waals surface area (Å²) in [5.74, 6) is -1.10. The van der Waals surface area contributed by atoms with Crippen molar-refractivity contribution in [2.75, 3.05) is 20.1 Å². The van der Waals surface area contributed by atoms with Crippen molar-refractivity contribution in [3.63, 3.8) is 0 Å². The van der Waals surface area contributed by atoms with Crippen LogP contribution in [-0.2, 0) is 4.79 Å². The minimum atomic E-state index is -1.44. The van der Waals surface area contributed by atoms with Gasteiger partial charge < -0.3 is 25.7 Å². The van der Waals surface area contributed by atoms with Crippen molar-refractivity contribution in [3.05, 3.63) is 0 Å². The van der Waals surface area contributed by atoms with Crippen LogP contribution in [-0.4, -0.2) is 64.9 Å². The highest BCUT2D eigenvalue weighted by molar-refractivity contribution is 5.74. The number of likely N-dealkylation sites (tertiary alicyclic amines) is 1. The number of rotatable bonds is 5. The highest BCUT2D eigenvalue weighted by Gasteiger charge is 2.27. The zero-order valence-corrected chi connectivity index (χ0v) is 12.3. The first-order valence-electron chi connectivity index (χ1n) is 6.88. The van der Waals surface area contributed by atoms with Crippen LogP contribution in [0.25, 0.3) is 0 Å². The fourth-order valence-electron chi connectivity index (χ4n) is 2.32. The Morgan fingerprint density at radius 3 is 2.65 bits per heavy atom. The number of hydrogen-bond donors (Lipinski definition) is 4. The summed E-state index contributed by atoms with van der Waals surface area (Å²) in [6.07, 6.45) is 1.37. The number of carbonyl (C=O) groups excluding carboxylic acids is 1. The molecule has 20 heavy (non-hydrogen) atoms. The zero-order valence-electron chi connectivity index (χ0n) is 12.3. The lowest BCUT2D eigenvalue weighted by atomic mass is 9.99. The second-order valence-corrected chi connectivity index (χ2v) is 5.95. The minimum absolute atomic E-state index is 0.0900. The number of nitrogens with zero attached hydrogens (tertiary/aromatic N) is 1. The first kappa shape index (κ1) is 16.7. The maximum absolute atomic E-state index is 11.7. The summed E-state index contributed by atoms with van der Waals surface area (Å²) >= 11 is 0. The molecule has 0 bridgehead atoms. The molecule has 1 aliphatic heterocycles. The number of amides is 2. The number of aliphatic hydroxyl groups is 1. The maximum Gasteiger partial charge on any atom is 0.315 e. The summed E-state index contributed by atoms with van der Waals surface area (Å²) in [5.41, 5.74) is -1.44. The van der Waals surface area contributed by atoms with Crippen LogP contribution in [0, 0.1) is 0 Å². The van der Waals surface area contributed by atoms with Crippen LogP contribution in [0.2, 0.25) is 0 Å². The fourth-order valence-corrected chi connectivity index (χ4v) is 2.32. The van der Waals surface area contributed by atoms with Crippen molar-refractivity contribution in [2.45, 2.75) is 50.8 Å². The molecule has 3 unspecified atom stereocenters. The first-order valence-corrected chi connectivity index (χ1v) is 6.88. The van der Waals surface area contributed by atoms with E-state index in [-0.39, 0.29) is 18.6 Å². The van der Waals surface area contributed by atoms with E-state index in [0.29, 0.717) is 6.04 Å². The van der Waals surface area contributed by atoms with E-state index in [4.69, 9.17) is 5.11 Å². The third-order valence-electron chi connectivity index (χ3n) is 3.71. The molecule has 1 fully saturated rings. The summed E-state index contributed by atoms with van der Waals surface area (Å²) in [6, 6.07) is 0.173. The van der Waals surface area contributed by atoms with Gasteiger partial charge in [-0.05, 0) is 33.7 Å². The van der Waals surface area contributed by atoms with Gasteiger partial charge in [0.2, 0.25) is 0 Å². The molecule has 3 atom stereocenters. The predicted octanol–water partition coefficient (Wildman–Crippen LogP) is -0.00600. The van der Waals surface area contributed by atoms with Crippen molar-refractivity contribution in [1.82, 2.24) is 15.5 Å². The van der Waals surface area contributed by atoms with Gasteiger partial charge in [-0.15, -0.1) is 0 Å². The molecule has 4 N–H and O–H groups in total. The number of piperidine rings is 1. The normalized spacial score (nSPS) is 26.6. The smallest absolute Gasteiger partial charge is 0.315 e. The van der Waals surface area contributed by atoms with E-state index in [2.05, 4.69) is 29.5 Å². The Balaban J connectivity index is 2.32. The van der Waals surface area contributed by atoms with Gasteiger partial charge in [-0.25, -0.2) is 4.79 Å². The third kappa shape index (κ3) is 5.75. The highest BCUT2D eigenvalue weighted by atomic mass is 16.4. The van der Waals surface area contributed by atoms with Crippen molar-refractivity contribution in [2.24, 2.45) is 0 Å². The molecule has 1 aliphatic rings. The molecule has 0 spiro atoms. The summed E-state index contributed by atoms with van der Waals surface area (Å²) in [5, 5.41) is 23.8. The molecule has 0 aromatic heterocycles. The van der Waals surface area contributed by atoms with Gasteiger partial charge in [0.05, 0.1) is 12.0 Å². The van der Waals surface area contributed by atoms with Crippen LogP contribution in [0.15, 0.2) is 0 Å². The molecule has 2 amide bonds. The van der Waals surface area contributed by atoms with Crippen LogP contribution in [0.3, 0.4) is 0 Å². The molecule has 116 valence electrons. The standard InChI is InChI=1S/C13H25N3O4/c1-9-6-10(4-5-16(9)3)15-12(19)14-8-13(2,20)7-11(17)18/h9-10,20H,4-8H2,1-3H3,(H,17,18)(H2,14,15,19). The summed E-state index contributed by atoms with van der Waals surface area (Å²) in [7, 11) is 2.06. The second kappa shape index (κ2) is 6.90. The van der Waals surface area contributed by atoms with Crippen LogP contribution >= 0.6 is 0 Å². The van der Waals surface area contributed by atoms with Crippen molar-refractivity contribution >= 4 is 12.0 Å². The third-order valence-corrected chi connectivity index (χ3v) is 3.71. The van der Waals surface area contributed by atoms with Crippen LogP contribution in [0.1, 0.15) is 33.1 Å². The summed E-state index contributed by atoms with van der Waals surface area (Å²) in [4.78, 5) is 24.5.